The molecule has 30 heavy (non-hydrogen) atoms. The molecule has 1 aliphatic rings. The molecule has 0 spiro atoms. The smallest absolute Gasteiger partial charge is 0.257 e. The number of carbonyl (C=O) groups is 1. The highest BCUT2D eigenvalue weighted by atomic mass is 16.5. The molecule has 1 fully saturated rings. The van der Waals surface area contributed by atoms with Gasteiger partial charge in [-0.25, -0.2) is 14.6 Å². The lowest BCUT2D eigenvalue weighted by molar-refractivity contribution is -0.00546. The van der Waals surface area contributed by atoms with Gasteiger partial charge in [-0.15, -0.1) is 0 Å². The fourth-order valence-corrected chi connectivity index (χ4v) is 3.72. The highest BCUT2D eigenvalue weighted by Gasteiger charge is 2.23. The van der Waals surface area contributed by atoms with Crippen molar-refractivity contribution in [2.24, 2.45) is 0 Å². The Balaban J connectivity index is 1.42. The molecular formula is C22H26N6O2. The summed E-state index contributed by atoms with van der Waals surface area (Å²) in [4.78, 5) is 23.7. The van der Waals surface area contributed by atoms with Crippen LogP contribution in [0.3, 0.4) is 0 Å². The Morgan fingerprint density at radius 3 is 2.30 bits per heavy atom. The molecule has 1 amide bonds. The summed E-state index contributed by atoms with van der Waals surface area (Å²) in [7, 11) is 0. The molecule has 8 heteroatoms. The standard InChI is InChI=1S/C22H26N6O2/c1-14-9-15(2)28(26-14)21-8-6-19(11-24-21)25-22(29)18-5-7-20(23-10-18)27-12-16(3)30-17(4)13-27/h5-11,16-17H,12-13H2,1-4H3,(H,25,29). The third kappa shape index (κ3) is 4.33. The number of pyridine rings is 2. The Hall–Kier alpha value is -3.26. The van der Waals surface area contributed by atoms with Gasteiger partial charge >= 0.3 is 0 Å². The van der Waals surface area contributed by atoms with Crippen molar-refractivity contribution in [2.45, 2.75) is 39.9 Å². The third-order valence-electron chi connectivity index (χ3n) is 4.99. The van der Waals surface area contributed by atoms with Crippen LogP contribution in [0, 0.1) is 13.8 Å². The first kappa shape index (κ1) is 20.0. The van der Waals surface area contributed by atoms with Crippen molar-refractivity contribution in [3.8, 4) is 5.82 Å². The molecule has 0 aliphatic carbocycles. The maximum absolute atomic E-state index is 12.6. The molecule has 4 rings (SSSR count). The fraction of sp³-hybridized carbons (Fsp3) is 0.364. The second-order valence-electron chi connectivity index (χ2n) is 7.77. The van der Waals surface area contributed by atoms with Crippen molar-refractivity contribution in [2.75, 3.05) is 23.3 Å². The van der Waals surface area contributed by atoms with E-state index in [0.29, 0.717) is 17.1 Å². The molecule has 0 bridgehead atoms. The second-order valence-corrected chi connectivity index (χ2v) is 7.77. The minimum atomic E-state index is -0.224. The number of ether oxygens (including phenoxy) is 1. The Bertz CT molecular complexity index is 1020. The fourth-order valence-electron chi connectivity index (χ4n) is 3.72. The highest BCUT2D eigenvalue weighted by Crippen LogP contribution is 2.19. The number of nitrogens with zero attached hydrogens (tertiary/aromatic N) is 5. The summed E-state index contributed by atoms with van der Waals surface area (Å²) in [6.45, 7) is 9.60. The molecule has 3 aromatic heterocycles. The van der Waals surface area contributed by atoms with Gasteiger partial charge in [0.2, 0.25) is 0 Å². The van der Waals surface area contributed by atoms with E-state index in [0.717, 1.165) is 30.3 Å². The van der Waals surface area contributed by atoms with E-state index >= 15 is 0 Å². The van der Waals surface area contributed by atoms with Gasteiger partial charge in [-0.05, 0) is 58.0 Å². The summed E-state index contributed by atoms with van der Waals surface area (Å²) in [5.41, 5.74) is 3.05. The van der Waals surface area contributed by atoms with Crippen LogP contribution in [0.2, 0.25) is 0 Å². The minimum absolute atomic E-state index is 0.156. The predicted octanol–water partition coefficient (Wildman–Crippen LogP) is 3.15. The number of aryl methyl sites for hydroxylation is 2. The van der Waals surface area contributed by atoms with Crippen LogP contribution < -0.4 is 10.2 Å². The Labute approximate surface area is 175 Å². The largest absolute Gasteiger partial charge is 0.372 e. The first-order chi connectivity index (χ1) is 14.4. The van der Waals surface area contributed by atoms with E-state index in [1.807, 2.05) is 38.1 Å². The van der Waals surface area contributed by atoms with E-state index in [1.165, 1.54) is 0 Å². The lowest BCUT2D eigenvalue weighted by Crippen LogP contribution is -2.45. The number of rotatable bonds is 4. The number of carbonyl (C=O) groups excluding carboxylic acids is 1. The maximum atomic E-state index is 12.6. The summed E-state index contributed by atoms with van der Waals surface area (Å²) in [6.07, 6.45) is 3.54. The topological polar surface area (TPSA) is 85.2 Å². The van der Waals surface area contributed by atoms with Crippen molar-refractivity contribution in [3.63, 3.8) is 0 Å². The molecule has 2 unspecified atom stereocenters. The van der Waals surface area contributed by atoms with Crippen LogP contribution in [0.4, 0.5) is 11.5 Å². The van der Waals surface area contributed by atoms with Crippen LogP contribution >= 0.6 is 0 Å². The molecule has 0 radical (unpaired) electrons. The number of aromatic nitrogens is 4. The molecule has 8 nitrogen and oxygen atoms in total. The van der Waals surface area contributed by atoms with Gasteiger partial charge < -0.3 is 15.0 Å². The van der Waals surface area contributed by atoms with Gasteiger partial charge in [0.1, 0.15) is 5.82 Å². The van der Waals surface area contributed by atoms with Gasteiger partial charge in [-0.1, -0.05) is 0 Å². The van der Waals surface area contributed by atoms with Gasteiger partial charge in [-0.2, -0.15) is 5.10 Å². The molecule has 1 N–H and O–H groups in total. The third-order valence-corrected chi connectivity index (χ3v) is 4.99. The lowest BCUT2D eigenvalue weighted by atomic mass is 10.2. The van der Waals surface area contributed by atoms with Gasteiger partial charge in [-0.3, -0.25) is 4.79 Å². The summed E-state index contributed by atoms with van der Waals surface area (Å²) < 4.78 is 7.54. The van der Waals surface area contributed by atoms with Crippen molar-refractivity contribution in [1.82, 2.24) is 19.7 Å². The number of anilines is 2. The predicted molar refractivity (Wildman–Crippen MR) is 115 cm³/mol. The van der Waals surface area contributed by atoms with E-state index < -0.39 is 0 Å². The minimum Gasteiger partial charge on any atom is -0.372 e. The maximum Gasteiger partial charge on any atom is 0.257 e. The number of nitrogens with one attached hydrogen (secondary N) is 1. The van der Waals surface area contributed by atoms with Crippen LogP contribution in [-0.2, 0) is 4.74 Å². The Morgan fingerprint density at radius 2 is 1.73 bits per heavy atom. The average Bonchev–Trinajstić information content (AvgIpc) is 3.06. The van der Waals surface area contributed by atoms with E-state index in [2.05, 4.69) is 39.1 Å². The molecule has 3 aromatic rings. The van der Waals surface area contributed by atoms with Crippen LogP contribution in [0.1, 0.15) is 35.6 Å². The van der Waals surface area contributed by atoms with Gasteiger partial charge in [0.15, 0.2) is 5.82 Å². The van der Waals surface area contributed by atoms with E-state index in [1.54, 1.807) is 23.1 Å². The van der Waals surface area contributed by atoms with Crippen LogP contribution in [-0.4, -0.2) is 51.0 Å². The SMILES string of the molecule is Cc1cc(C)n(-c2ccc(NC(=O)c3ccc(N4CC(C)OC(C)C4)nc3)cn2)n1. The summed E-state index contributed by atoms with van der Waals surface area (Å²) >= 11 is 0. The van der Waals surface area contributed by atoms with Crippen LogP contribution in [0.5, 0.6) is 0 Å². The number of hydrogen-bond donors (Lipinski definition) is 1. The number of amides is 1. The molecule has 1 aliphatic heterocycles. The van der Waals surface area contributed by atoms with Crippen molar-refractivity contribution >= 4 is 17.4 Å². The van der Waals surface area contributed by atoms with Gasteiger partial charge in [0.05, 0.1) is 35.3 Å². The average molecular weight is 406 g/mol. The quantitative estimate of drug-likeness (QED) is 0.716. The van der Waals surface area contributed by atoms with Crippen molar-refractivity contribution < 1.29 is 9.53 Å². The molecule has 2 atom stereocenters. The zero-order valence-corrected chi connectivity index (χ0v) is 17.7. The lowest BCUT2D eigenvalue weighted by Gasteiger charge is -2.36. The van der Waals surface area contributed by atoms with Crippen molar-refractivity contribution in [1.29, 1.82) is 0 Å². The second kappa shape index (κ2) is 8.23. The summed E-state index contributed by atoms with van der Waals surface area (Å²) in [5.74, 6) is 1.33. The zero-order chi connectivity index (χ0) is 21.3. The van der Waals surface area contributed by atoms with Gasteiger partial charge in [0, 0.05) is 25.0 Å². The van der Waals surface area contributed by atoms with E-state index in [9.17, 15) is 4.79 Å². The highest BCUT2D eigenvalue weighted by molar-refractivity contribution is 6.04. The molecule has 0 saturated carbocycles. The van der Waals surface area contributed by atoms with E-state index in [-0.39, 0.29) is 18.1 Å². The number of hydrogen-bond acceptors (Lipinski definition) is 6. The molecule has 0 aromatic carbocycles. The van der Waals surface area contributed by atoms with Crippen molar-refractivity contribution in [3.05, 3.63) is 59.7 Å². The Kier molecular flexibility index (Phi) is 5.50. The zero-order valence-electron chi connectivity index (χ0n) is 17.7. The number of morpholine rings is 1. The molecule has 156 valence electrons. The van der Waals surface area contributed by atoms with Crippen LogP contribution in [0.15, 0.2) is 42.7 Å². The Morgan fingerprint density at radius 1 is 1.03 bits per heavy atom. The molecular weight excluding hydrogens is 380 g/mol. The monoisotopic (exact) mass is 406 g/mol. The molecule has 1 saturated heterocycles. The van der Waals surface area contributed by atoms with Gasteiger partial charge in [0.25, 0.3) is 5.91 Å². The normalized spacial score (nSPS) is 19.0. The van der Waals surface area contributed by atoms with E-state index in [4.69, 9.17) is 4.74 Å². The first-order valence-corrected chi connectivity index (χ1v) is 10.1. The first-order valence-electron chi connectivity index (χ1n) is 10.1. The summed E-state index contributed by atoms with van der Waals surface area (Å²) in [6, 6.07) is 9.31. The molecule has 4 heterocycles. The summed E-state index contributed by atoms with van der Waals surface area (Å²) in [5, 5.41) is 7.29. The van der Waals surface area contributed by atoms with Crippen LogP contribution in [0.25, 0.3) is 5.82 Å².